The van der Waals surface area contributed by atoms with Gasteiger partial charge in [0.15, 0.2) is 16.8 Å². The summed E-state index contributed by atoms with van der Waals surface area (Å²) in [5, 5.41) is 0. The summed E-state index contributed by atoms with van der Waals surface area (Å²) in [6, 6.07) is 5.69. The Labute approximate surface area is 124 Å². The molecule has 1 aliphatic heterocycles. The number of anilines is 1. The van der Waals surface area contributed by atoms with Crippen molar-refractivity contribution < 1.29 is 8.81 Å². The fourth-order valence-electron chi connectivity index (χ4n) is 2.15. The maximum Gasteiger partial charge on any atom is 0.186 e. The SMILES string of the molecule is Nc1c(F)ccc2nc3ccc(=O)c(CC=CCl)c-3oc12. The van der Waals surface area contributed by atoms with Crippen LogP contribution in [0.15, 0.2) is 45.1 Å². The largest absolute Gasteiger partial charge is 0.450 e. The summed E-state index contributed by atoms with van der Waals surface area (Å²) in [6.07, 6.45) is 1.91. The van der Waals surface area contributed by atoms with Crippen LogP contribution in [0.25, 0.3) is 22.6 Å². The Hall–Kier alpha value is -2.40. The summed E-state index contributed by atoms with van der Waals surface area (Å²) in [5.41, 5.74) is 8.14. The maximum absolute atomic E-state index is 13.5. The first-order valence-electron chi connectivity index (χ1n) is 6.17. The molecule has 0 saturated carbocycles. The number of allylic oxidation sites excluding steroid dienone is 1. The maximum atomic E-state index is 13.5. The van der Waals surface area contributed by atoms with E-state index in [-0.39, 0.29) is 16.7 Å². The zero-order valence-electron chi connectivity index (χ0n) is 10.8. The second-order valence-electron chi connectivity index (χ2n) is 4.48. The number of hydrogen-bond acceptors (Lipinski definition) is 4. The van der Waals surface area contributed by atoms with Gasteiger partial charge in [0.1, 0.15) is 22.7 Å². The first-order valence-corrected chi connectivity index (χ1v) is 6.61. The number of hydrogen-bond donors (Lipinski definition) is 1. The van der Waals surface area contributed by atoms with Gasteiger partial charge in [-0.15, -0.1) is 0 Å². The molecular formula is C15H10ClFN2O2. The molecule has 106 valence electrons. The molecule has 0 radical (unpaired) electrons. The Morgan fingerprint density at radius 2 is 2.14 bits per heavy atom. The van der Waals surface area contributed by atoms with Gasteiger partial charge in [-0.25, -0.2) is 9.37 Å². The molecule has 4 nitrogen and oxygen atoms in total. The lowest BCUT2D eigenvalue weighted by molar-refractivity contribution is 0.595. The van der Waals surface area contributed by atoms with E-state index < -0.39 is 5.82 Å². The Kier molecular flexibility index (Phi) is 3.35. The zero-order chi connectivity index (χ0) is 15.0. The third kappa shape index (κ3) is 2.25. The number of fused-ring (bicyclic) bond motifs is 2. The fraction of sp³-hybridized carbons (Fsp3) is 0.0667. The lowest BCUT2D eigenvalue weighted by atomic mass is 10.1. The van der Waals surface area contributed by atoms with Crippen molar-refractivity contribution in [1.82, 2.24) is 4.98 Å². The van der Waals surface area contributed by atoms with Gasteiger partial charge in [-0.2, -0.15) is 0 Å². The summed E-state index contributed by atoms with van der Waals surface area (Å²) < 4.78 is 19.2. The number of nitrogen functional groups attached to an aromatic ring is 1. The molecule has 0 aromatic heterocycles. The molecular weight excluding hydrogens is 295 g/mol. The Balaban J connectivity index is 2.39. The van der Waals surface area contributed by atoms with Crippen molar-refractivity contribution >= 4 is 28.4 Å². The summed E-state index contributed by atoms with van der Waals surface area (Å²) in [5.74, 6) is -0.296. The van der Waals surface area contributed by atoms with Crippen molar-refractivity contribution in [1.29, 1.82) is 0 Å². The highest BCUT2D eigenvalue weighted by Gasteiger charge is 2.18. The van der Waals surface area contributed by atoms with Gasteiger partial charge in [0.2, 0.25) is 0 Å². The third-order valence-corrected chi connectivity index (χ3v) is 3.35. The zero-order valence-corrected chi connectivity index (χ0v) is 11.5. The van der Waals surface area contributed by atoms with Gasteiger partial charge >= 0.3 is 0 Å². The van der Waals surface area contributed by atoms with Crippen LogP contribution < -0.4 is 11.2 Å². The summed E-state index contributed by atoms with van der Waals surface area (Å²) in [7, 11) is 0. The van der Waals surface area contributed by atoms with E-state index in [1.165, 1.54) is 23.7 Å². The lowest BCUT2D eigenvalue weighted by Gasteiger charge is -2.10. The van der Waals surface area contributed by atoms with E-state index in [2.05, 4.69) is 4.98 Å². The standard InChI is InChI=1S/C15H10ClFN2O2/c16-7-1-2-8-12(20)6-5-10-14(8)21-15-11(19-10)4-3-9(17)13(15)18/h1,3-7H,2,18H2. The number of rotatable bonds is 2. The van der Waals surface area contributed by atoms with E-state index >= 15 is 0 Å². The second-order valence-corrected chi connectivity index (χ2v) is 4.73. The summed E-state index contributed by atoms with van der Waals surface area (Å²) >= 11 is 5.50. The molecule has 0 amide bonds. The minimum Gasteiger partial charge on any atom is -0.450 e. The van der Waals surface area contributed by atoms with Crippen molar-refractivity contribution in [3.63, 3.8) is 0 Å². The summed E-state index contributed by atoms with van der Waals surface area (Å²) in [6.45, 7) is 0. The average Bonchev–Trinajstić information content (AvgIpc) is 2.49. The Morgan fingerprint density at radius 3 is 2.90 bits per heavy atom. The molecule has 21 heavy (non-hydrogen) atoms. The number of nitrogens with two attached hydrogens (primary N) is 1. The third-order valence-electron chi connectivity index (χ3n) is 3.17. The molecule has 1 aliphatic carbocycles. The highest BCUT2D eigenvalue weighted by Crippen LogP contribution is 2.30. The van der Waals surface area contributed by atoms with E-state index in [1.807, 2.05) is 0 Å². The van der Waals surface area contributed by atoms with Crippen molar-refractivity contribution in [2.75, 3.05) is 5.73 Å². The quantitative estimate of drug-likeness (QED) is 0.582. The molecule has 2 N–H and O–H groups in total. The van der Waals surface area contributed by atoms with Crippen LogP contribution in [0, 0.1) is 5.82 Å². The fourth-order valence-corrected chi connectivity index (χ4v) is 2.24. The molecule has 3 rings (SSSR count). The van der Waals surface area contributed by atoms with Crippen LogP contribution in [0.1, 0.15) is 5.56 Å². The van der Waals surface area contributed by atoms with Crippen molar-refractivity contribution in [2.24, 2.45) is 0 Å². The molecule has 2 aliphatic rings. The number of halogens is 2. The van der Waals surface area contributed by atoms with Crippen LogP contribution in [0.4, 0.5) is 10.1 Å². The number of nitrogens with zero attached hydrogens (tertiary/aromatic N) is 1. The molecule has 0 fully saturated rings. The molecule has 0 spiro atoms. The lowest BCUT2D eigenvalue weighted by Crippen LogP contribution is -2.10. The highest BCUT2D eigenvalue weighted by atomic mass is 35.5. The minimum atomic E-state index is -0.590. The molecule has 0 saturated heterocycles. The van der Waals surface area contributed by atoms with Gasteiger partial charge in [0.25, 0.3) is 0 Å². The van der Waals surface area contributed by atoms with E-state index in [0.29, 0.717) is 29.0 Å². The van der Waals surface area contributed by atoms with Crippen LogP contribution in [-0.4, -0.2) is 4.98 Å². The van der Waals surface area contributed by atoms with E-state index in [9.17, 15) is 9.18 Å². The van der Waals surface area contributed by atoms with E-state index in [0.717, 1.165) is 0 Å². The van der Waals surface area contributed by atoms with Crippen LogP contribution >= 0.6 is 11.6 Å². The molecule has 0 unspecified atom stereocenters. The average molecular weight is 305 g/mol. The van der Waals surface area contributed by atoms with Gasteiger partial charge in [-0.05, 0) is 30.7 Å². The molecule has 6 heteroatoms. The van der Waals surface area contributed by atoms with Crippen molar-refractivity contribution in [2.45, 2.75) is 6.42 Å². The van der Waals surface area contributed by atoms with Gasteiger partial charge in [0.05, 0.1) is 0 Å². The van der Waals surface area contributed by atoms with Crippen molar-refractivity contribution in [3.8, 4) is 11.5 Å². The smallest absolute Gasteiger partial charge is 0.186 e. The topological polar surface area (TPSA) is 69.1 Å². The monoisotopic (exact) mass is 304 g/mol. The predicted octanol–water partition coefficient (Wildman–Crippen LogP) is 3.31. The highest BCUT2D eigenvalue weighted by molar-refractivity contribution is 6.25. The van der Waals surface area contributed by atoms with E-state index in [1.54, 1.807) is 12.1 Å². The minimum absolute atomic E-state index is 0.128. The van der Waals surface area contributed by atoms with Gasteiger partial charge in [-0.3, -0.25) is 4.79 Å². The molecule has 0 bridgehead atoms. The Bertz CT molecular complexity index is 889. The van der Waals surface area contributed by atoms with E-state index in [4.69, 9.17) is 21.8 Å². The van der Waals surface area contributed by atoms with Crippen LogP contribution in [0.2, 0.25) is 0 Å². The number of benzene rings is 2. The summed E-state index contributed by atoms with van der Waals surface area (Å²) in [4.78, 5) is 16.3. The normalized spacial score (nSPS) is 11.7. The van der Waals surface area contributed by atoms with Gasteiger partial charge in [0, 0.05) is 11.1 Å². The molecule has 1 aromatic rings. The molecule has 1 aromatic carbocycles. The Morgan fingerprint density at radius 1 is 1.33 bits per heavy atom. The van der Waals surface area contributed by atoms with Gasteiger partial charge < -0.3 is 10.2 Å². The van der Waals surface area contributed by atoms with Gasteiger partial charge in [-0.1, -0.05) is 17.7 Å². The number of aromatic nitrogens is 1. The van der Waals surface area contributed by atoms with Crippen LogP contribution in [0.3, 0.4) is 0 Å². The second kappa shape index (κ2) is 5.18. The first-order chi connectivity index (χ1) is 10.1. The van der Waals surface area contributed by atoms with Crippen molar-refractivity contribution in [3.05, 3.63) is 57.5 Å². The molecule has 0 atom stereocenters. The first kappa shape index (κ1) is 13.6. The van der Waals surface area contributed by atoms with Crippen LogP contribution in [0.5, 0.6) is 0 Å². The predicted molar refractivity (Wildman–Crippen MR) is 80.0 cm³/mol. The molecule has 1 heterocycles. The van der Waals surface area contributed by atoms with Crippen LogP contribution in [-0.2, 0) is 6.42 Å².